The zero-order valence-corrected chi connectivity index (χ0v) is 11.3. The van der Waals surface area contributed by atoms with Gasteiger partial charge in [0.1, 0.15) is 0 Å². The van der Waals surface area contributed by atoms with Gasteiger partial charge in [-0.2, -0.15) is 0 Å². The van der Waals surface area contributed by atoms with Gasteiger partial charge in [0, 0.05) is 12.5 Å². The Balaban J connectivity index is 2.23. The molecule has 1 heteroatoms. The van der Waals surface area contributed by atoms with Crippen molar-refractivity contribution in [3.63, 3.8) is 0 Å². The van der Waals surface area contributed by atoms with E-state index in [1.165, 1.54) is 31.3 Å². The van der Waals surface area contributed by atoms with Crippen molar-refractivity contribution >= 4 is 0 Å². The van der Waals surface area contributed by atoms with Crippen molar-refractivity contribution < 1.29 is 4.74 Å². The molecule has 0 spiro atoms. The minimum absolute atomic E-state index is 0.0683. The largest absolute Gasteiger partial charge is 0.375 e. The number of ether oxygens (including phenoxy) is 1. The highest BCUT2D eigenvalue weighted by Gasteiger charge is 2.50. The Hall–Kier alpha value is -0.300. The van der Waals surface area contributed by atoms with Crippen LogP contribution in [0.15, 0.2) is 12.2 Å². The highest BCUT2D eigenvalue weighted by Crippen LogP contribution is 2.56. The summed E-state index contributed by atoms with van der Waals surface area (Å²) in [4.78, 5) is 0. The lowest BCUT2D eigenvalue weighted by atomic mass is 9.54. The molecule has 0 N–H and O–H groups in total. The fourth-order valence-corrected chi connectivity index (χ4v) is 4.00. The van der Waals surface area contributed by atoms with E-state index in [1.54, 1.807) is 0 Å². The van der Waals surface area contributed by atoms with E-state index in [1.807, 2.05) is 0 Å². The molecule has 2 rings (SSSR count). The third-order valence-corrected chi connectivity index (χ3v) is 5.06. The number of fused-ring (bicyclic) bond motifs is 2. The van der Waals surface area contributed by atoms with E-state index in [2.05, 4.69) is 34.3 Å². The second kappa shape index (κ2) is 3.87. The third kappa shape index (κ3) is 1.73. The summed E-state index contributed by atoms with van der Waals surface area (Å²) in [6.07, 6.45) is 5.06. The second-order valence-electron chi connectivity index (χ2n) is 6.49. The summed E-state index contributed by atoms with van der Waals surface area (Å²) >= 11 is 0. The Labute approximate surface area is 100 Å². The highest BCUT2D eigenvalue weighted by atomic mass is 16.5. The van der Waals surface area contributed by atoms with Gasteiger partial charge in [-0.1, -0.05) is 26.0 Å². The molecule has 92 valence electrons. The zero-order valence-electron chi connectivity index (χ0n) is 11.3. The molecule has 0 heterocycles. The predicted molar refractivity (Wildman–Crippen MR) is 68.4 cm³/mol. The summed E-state index contributed by atoms with van der Waals surface area (Å²) in [6.45, 7) is 14.4. The molecule has 2 aliphatic carbocycles. The molecule has 2 unspecified atom stereocenters. The van der Waals surface area contributed by atoms with Gasteiger partial charge in [-0.3, -0.25) is 0 Å². The topological polar surface area (TPSA) is 9.23 Å². The van der Waals surface area contributed by atoms with Crippen molar-refractivity contribution in [2.75, 3.05) is 6.61 Å². The van der Waals surface area contributed by atoms with Crippen LogP contribution in [0.5, 0.6) is 0 Å². The smallest absolute Gasteiger partial charge is 0.0719 e. The standard InChI is InChI=1S/C15H26O/c1-6-16-15(5)10-8-12-11(2)13(15)7-9-14(12,3)4/h12-13H,2,6-10H2,1,3-5H3/t12?,13-,15?/m1/s1. The number of hydrogen-bond donors (Lipinski definition) is 0. The van der Waals surface area contributed by atoms with Crippen LogP contribution in [0.3, 0.4) is 0 Å². The first-order valence-electron chi connectivity index (χ1n) is 6.73. The molecule has 0 radical (unpaired) electrons. The molecular formula is C15H26O. The van der Waals surface area contributed by atoms with Crippen molar-refractivity contribution in [1.29, 1.82) is 0 Å². The van der Waals surface area contributed by atoms with E-state index in [9.17, 15) is 0 Å². The highest BCUT2D eigenvalue weighted by molar-refractivity contribution is 5.21. The van der Waals surface area contributed by atoms with Crippen LogP contribution in [-0.2, 0) is 4.74 Å². The van der Waals surface area contributed by atoms with Gasteiger partial charge in [0.25, 0.3) is 0 Å². The molecule has 0 aromatic heterocycles. The molecule has 1 nitrogen and oxygen atoms in total. The Morgan fingerprint density at radius 1 is 1.19 bits per heavy atom. The Morgan fingerprint density at radius 3 is 2.44 bits per heavy atom. The molecular weight excluding hydrogens is 196 g/mol. The fourth-order valence-electron chi connectivity index (χ4n) is 4.00. The summed E-state index contributed by atoms with van der Waals surface area (Å²) in [5.41, 5.74) is 2.00. The zero-order chi connectivity index (χ0) is 12.0. The molecule has 2 bridgehead atoms. The van der Waals surface area contributed by atoms with Crippen LogP contribution in [0.25, 0.3) is 0 Å². The van der Waals surface area contributed by atoms with Crippen molar-refractivity contribution in [3.8, 4) is 0 Å². The van der Waals surface area contributed by atoms with Crippen molar-refractivity contribution in [2.45, 2.75) is 59.0 Å². The van der Waals surface area contributed by atoms with Crippen molar-refractivity contribution in [1.82, 2.24) is 0 Å². The molecule has 2 aliphatic rings. The van der Waals surface area contributed by atoms with Gasteiger partial charge >= 0.3 is 0 Å². The van der Waals surface area contributed by atoms with Gasteiger partial charge in [0.05, 0.1) is 5.60 Å². The summed E-state index contributed by atoms with van der Waals surface area (Å²) in [7, 11) is 0. The van der Waals surface area contributed by atoms with Crippen LogP contribution in [-0.4, -0.2) is 12.2 Å². The lowest BCUT2D eigenvalue weighted by molar-refractivity contribution is -0.105. The van der Waals surface area contributed by atoms with E-state index in [4.69, 9.17) is 4.74 Å². The first kappa shape index (κ1) is 12.2. The summed E-state index contributed by atoms with van der Waals surface area (Å²) in [5, 5.41) is 0. The average molecular weight is 222 g/mol. The third-order valence-electron chi connectivity index (χ3n) is 5.06. The maximum Gasteiger partial charge on any atom is 0.0719 e. The van der Waals surface area contributed by atoms with Gasteiger partial charge in [0.2, 0.25) is 0 Å². The van der Waals surface area contributed by atoms with E-state index in [0.29, 0.717) is 11.3 Å². The first-order valence-corrected chi connectivity index (χ1v) is 6.73. The van der Waals surface area contributed by atoms with E-state index in [-0.39, 0.29) is 5.60 Å². The van der Waals surface area contributed by atoms with Crippen LogP contribution in [0.4, 0.5) is 0 Å². The lowest BCUT2D eigenvalue weighted by Crippen LogP contribution is -2.50. The minimum Gasteiger partial charge on any atom is -0.375 e. The Kier molecular flexibility index (Phi) is 2.94. The van der Waals surface area contributed by atoms with Gasteiger partial charge in [-0.05, 0) is 50.9 Å². The molecule has 0 amide bonds. The molecule has 0 aliphatic heterocycles. The first-order chi connectivity index (χ1) is 7.41. The van der Waals surface area contributed by atoms with E-state index in [0.717, 1.165) is 12.5 Å². The molecule has 0 aromatic rings. The van der Waals surface area contributed by atoms with E-state index < -0.39 is 0 Å². The second-order valence-corrected chi connectivity index (χ2v) is 6.49. The molecule has 16 heavy (non-hydrogen) atoms. The number of hydrogen-bond acceptors (Lipinski definition) is 1. The van der Waals surface area contributed by atoms with Crippen LogP contribution >= 0.6 is 0 Å². The summed E-state index contributed by atoms with van der Waals surface area (Å²) < 4.78 is 6.03. The maximum absolute atomic E-state index is 6.03. The summed E-state index contributed by atoms with van der Waals surface area (Å²) in [6, 6.07) is 0. The minimum atomic E-state index is 0.0683. The predicted octanol–water partition coefficient (Wildman–Crippen LogP) is 4.18. The molecule has 3 atom stereocenters. The van der Waals surface area contributed by atoms with Crippen LogP contribution in [0.1, 0.15) is 53.4 Å². The fraction of sp³-hybridized carbons (Fsp3) is 0.867. The van der Waals surface area contributed by atoms with Crippen LogP contribution in [0, 0.1) is 17.3 Å². The molecule has 2 fully saturated rings. The van der Waals surface area contributed by atoms with Gasteiger partial charge in [-0.25, -0.2) is 0 Å². The molecule has 0 aromatic carbocycles. The molecule has 2 saturated carbocycles. The Morgan fingerprint density at radius 2 is 1.81 bits per heavy atom. The maximum atomic E-state index is 6.03. The van der Waals surface area contributed by atoms with Gasteiger partial charge < -0.3 is 4.74 Å². The molecule has 0 saturated heterocycles. The van der Waals surface area contributed by atoms with Crippen LogP contribution in [0.2, 0.25) is 0 Å². The normalized spacial score (nSPS) is 42.1. The quantitative estimate of drug-likeness (QED) is 0.637. The monoisotopic (exact) mass is 222 g/mol. The van der Waals surface area contributed by atoms with E-state index >= 15 is 0 Å². The van der Waals surface area contributed by atoms with Gasteiger partial charge in [0.15, 0.2) is 0 Å². The SMILES string of the molecule is C=C1C2CCC(C)(OCC)[C@@H]1CCC2(C)C. The van der Waals surface area contributed by atoms with Crippen molar-refractivity contribution in [2.24, 2.45) is 17.3 Å². The lowest BCUT2D eigenvalue weighted by Gasteiger charge is -2.54. The number of rotatable bonds is 2. The summed E-state index contributed by atoms with van der Waals surface area (Å²) in [5.74, 6) is 1.32. The Bertz CT molecular complexity index is 292. The average Bonchev–Trinajstić information content (AvgIpc) is 2.15. The van der Waals surface area contributed by atoms with Gasteiger partial charge in [-0.15, -0.1) is 0 Å². The van der Waals surface area contributed by atoms with Crippen LogP contribution < -0.4 is 0 Å². The van der Waals surface area contributed by atoms with Crippen molar-refractivity contribution in [3.05, 3.63) is 12.2 Å².